The predicted octanol–water partition coefficient (Wildman–Crippen LogP) is 1.77. The fourth-order valence-electron chi connectivity index (χ4n) is 1.88. The molecule has 0 saturated heterocycles. The summed E-state index contributed by atoms with van der Waals surface area (Å²) < 4.78 is 6.98. The Hall–Kier alpha value is -2.18. The summed E-state index contributed by atoms with van der Waals surface area (Å²) in [6, 6.07) is 1.94. The fraction of sp³-hybridized carbons (Fsp3) is 0.538. The maximum atomic E-state index is 11.6. The number of carbonyl (C=O) groups is 1. The lowest BCUT2D eigenvalue weighted by Crippen LogP contribution is -2.32. The van der Waals surface area contributed by atoms with Gasteiger partial charge in [0.2, 0.25) is 0 Å². The molecule has 2 aromatic rings. The third-order valence-corrected chi connectivity index (χ3v) is 2.55. The quantitative estimate of drug-likeness (QED) is 0.904. The summed E-state index contributed by atoms with van der Waals surface area (Å²) in [5.41, 5.74) is 1.33. The summed E-state index contributed by atoms with van der Waals surface area (Å²) in [5, 5.41) is 10.7. The average molecular weight is 277 g/mol. The molecule has 0 aromatic carbocycles. The summed E-state index contributed by atoms with van der Waals surface area (Å²) in [5.74, 6) is 1.15. The van der Waals surface area contributed by atoms with Crippen molar-refractivity contribution in [3.05, 3.63) is 23.3 Å². The van der Waals surface area contributed by atoms with Crippen LogP contribution in [0.2, 0.25) is 0 Å². The summed E-state index contributed by atoms with van der Waals surface area (Å²) >= 11 is 0. The van der Waals surface area contributed by atoms with Crippen LogP contribution < -0.4 is 5.32 Å². The zero-order valence-corrected chi connectivity index (χ0v) is 12.4. The number of hydrogen-bond acceptors (Lipinski definition) is 5. The number of carbonyl (C=O) groups excluding carboxylic acids is 1. The molecule has 2 heterocycles. The van der Waals surface area contributed by atoms with Gasteiger partial charge >= 0.3 is 6.09 Å². The van der Waals surface area contributed by atoms with Crippen LogP contribution in [0.3, 0.4) is 0 Å². The molecule has 0 aliphatic heterocycles. The van der Waals surface area contributed by atoms with Crippen molar-refractivity contribution in [3.63, 3.8) is 0 Å². The van der Waals surface area contributed by atoms with Gasteiger partial charge in [0, 0.05) is 11.4 Å². The van der Waals surface area contributed by atoms with Crippen LogP contribution in [-0.4, -0.2) is 31.3 Å². The van der Waals surface area contributed by atoms with Gasteiger partial charge in [0.1, 0.15) is 5.60 Å². The highest BCUT2D eigenvalue weighted by atomic mass is 16.6. The first-order valence-electron chi connectivity index (χ1n) is 6.41. The van der Waals surface area contributed by atoms with E-state index in [1.165, 1.54) is 0 Å². The Morgan fingerprint density at radius 2 is 2.05 bits per heavy atom. The Morgan fingerprint density at radius 1 is 1.35 bits per heavy atom. The van der Waals surface area contributed by atoms with E-state index in [2.05, 4.69) is 20.5 Å². The number of aromatic nitrogens is 4. The summed E-state index contributed by atoms with van der Waals surface area (Å²) in [6.45, 7) is 9.53. The normalized spacial score (nSPS) is 11.7. The van der Waals surface area contributed by atoms with Crippen LogP contribution in [0, 0.1) is 13.8 Å². The molecule has 1 N–H and O–H groups in total. The number of hydrogen-bond donors (Lipinski definition) is 1. The lowest BCUT2D eigenvalue weighted by Gasteiger charge is -2.19. The molecule has 20 heavy (non-hydrogen) atoms. The average Bonchev–Trinajstić information content (AvgIpc) is 2.67. The van der Waals surface area contributed by atoms with Gasteiger partial charge in [-0.2, -0.15) is 0 Å². The van der Waals surface area contributed by atoms with E-state index in [1.807, 2.05) is 45.1 Å². The molecule has 7 nitrogen and oxygen atoms in total. The Labute approximate surface area is 117 Å². The van der Waals surface area contributed by atoms with E-state index in [1.54, 1.807) is 0 Å². The Morgan fingerprint density at radius 3 is 2.70 bits per heavy atom. The second-order valence-electron chi connectivity index (χ2n) is 5.65. The van der Waals surface area contributed by atoms with E-state index in [-0.39, 0.29) is 6.54 Å². The first-order valence-corrected chi connectivity index (χ1v) is 6.41. The van der Waals surface area contributed by atoms with Crippen molar-refractivity contribution < 1.29 is 9.53 Å². The van der Waals surface area contributed by atoms with Crippen molar-refractivity contribution in [1.82, 2.24) is 24.9 Å². The van der Waals surface area contributed by atoms with Gasteiger partial charge in [-0.1, -0.05) is 0 Å². The van der Waals surface area contributed by atoms with Crippen LogP contribution in [0.25, 0.3) is 5.78 Å². The molecular formula is C13H19N5O2. The minimum atomic E-state index is -0.522. The molecule has 0 spiro atoms. The van der Waals surface area contributed by atoms with Crippen LogP contribution in [0.15, 0.2) is 6.07 Å². The second-order valence-corrected chi connectivity index (χ2v) is 5.65. The van der Waals surface area contributed by atoms with Gasteiger partial charge in [-0.25, -0.2) is 9.78 Å². The molecule has 0 saturated carbocycles. The SMILES string of the molecule is Cc1cc(C)n2c(CNC(=O)OC(C)(C)C)nnc2n1. The molecule has 0 aliphatic rings. The third-order valence-electron chi connectivity index (χ3n) is 2.55. The van der Waals surface area contributed by atoms with Crippen molar-refractivity contribution in [2.75, 3.05) is 0 Å². The summed E-state index contributed by atoms with van der Waals surface area (Å²) in [6.07, 6.45) is -0.480. The zero-order valence-electron chi connectivity index (χ0n) is 12.4. The van der Waals surface area contributed by atoms with Gasteiger partial charge < -0.3 is 10.1 Å². The Bertz CT molecular complexity index is 642. The lowest BCUT2D eigenvalue weighted by atomic mass is 10.2. The standard InChI is InChI=1S/C13H19N5O2/c1-8-6-9(2)18-10(16-17-11(18)15-8)7-14-12(19)20-13(3,4)5/h6H,7H2,1-5H3,(H,14,19). The minimum Gasteiger partial charge on any atom is -0.444 e. The maximum absolute atomic E-state index is 11.6. The molecule has 0 unspecified atom stereocenters. The number of nitrogens with one attached hydrogen (secondary N) is 1. The molecule has 0 radical (unpaired) electrons. The third kappa shape index (κ3) is 3.23. The summed E-state index contributed by atoms with van der Waals surface area (Å²) in [7, 11) is 0. The second kappa shape index (κ2) is 5.07. The highest BCUT2D eigenvalue weighted by Crippen LogP contribution is 2.09. The molecule has 0 fully saturated rings. The smallest absolute Gasteiger partial charge is 0.408 e. The molecule has 0 aliphatic carbocycles. The van der Waals surface area contributed by atoms with Gasteiger partial charge in [-0.05, 0) is 40.7 Å². The van der Waals surface area contributed by atoms with Crippen LogP contribution in [0.1, 0.15) is 38.0 Å². The highest BCUT2D eigenvalue weighted by molar-refractivity contribution is 5.67. The van der Waals surface area contributed by atoms with Gasteiger partial charge in [0.05, 0.1) is 6.54 Å². The number of aryl methyl sites for hydroxylation is 2. The van der Waals surface area contributed by atoms with Crippen LogP contribution in [0.5, 0.6) is 0 Å². The van der Waals surface area contributed by atoms with Crippen molar-refractivity contribution in [3.8, 4) is 0 Å². The van der Waals surface area contributed by atoms with Gasteiger partial charge in [-0.3, -0.25) is 4.40 Å². The maximum Gasteiger partial charge on any atom is 0.408 e. The number of alkyl carbamates (subject to hydrolysis) is 1. The van der Waals surface area contributed by atoms with Crippen LogP contribution in [-0.2, 0) is 11.3 Å². The first kappa shape index (κ1) is 14.2. The van der Waals surface area contributed by atoms with E-state index in [9.17, 15) is 4.79 Å². The minimum absolute atomic E-state index is 0.238. The number of nitrogens with zero attached hydrogens (tertiary/aromatic N) is 4. The molecular weight excluding hydrogens is 258 g/mol. The van der Waals surface area contributed by atoms with Gasteiger partial charge in [0.25, 0.3) is 5.78 Å². The molecule has 2 aromatic heterocycles. The molecule has 2 rings (SSSR count). The number of amides is 1. The largest absolute Gasteiger partial charge is 0.444 e. The topological polar surface area (TPSA) is 81.4 Å². The lowest BCUT2D eigenvalue weighted by molar-refractivity contribution is 0.0522. The molecule has 0 bridgehead atoms. The highest BCUT2D eigenvalue weighted by Gasteiger charge is 2.17. The summed E-state index contributed by atoms with van der Waals surface area (Å²) in [4.78, 5) is 15.9. The van der Waals surface area contributed by atoms with Gasteiger partial charge in [0.15, 0.2) is 5.82 Å². The Balaban J connectivity index is 2.13. The van der Waals surface area contributed by atoms with E-state index in [4.69, 9.17) is 4.74 Å². The number of rotatable bonds is 2. The van der Waals surface area contributed by atoms with Crippen molar-refractivity contribution in [2.24, 2.45) is 0 Å². The van der Waals surface area contributed by atoms with E-state index >= 15 is 0 Å². The predicted molar refractivity (Wildman–Crippen MR) is 73.3 cm³/mol. The van der Waals surface area contributed by atoms with Crippen LogP contribution in [0.4, 0.5) is 4.79 Å². The van der Waals surface area contributed by atoms with Crippen molar-refractivity contribution in [2.45, 2.75) is 46.8 Å². The van der Waals surface area contributed by atoms with E-state index in [0.717, 1.165) is 11.4 Å². The fourth-order valence-corrected chi connectivity index (χ4v) is 1.88. The van der Waals surface area contributed by atoms with Gasteiger partial charge in [-0.15, -0.1) is 10.2 Å². The van der Waals surface area contributed by atoms with Crippen LogP contribution >= 0.6 is 0 Å². The first-order chi connectivity index (χ1) is 9.26. The van der Waals surface area contributed by atoms with E-state index < -0.39 is 11.7 Å². The molecule has 7 heteroatoms. The van der Waals surface area contributed by atoms with Crippen molar-refractivity contribution in [1.29, 1.82) is 0 Å². The number of fused-ring (bicyclic) bond motifs is 1. The number of ether oxygens (including phenoxy) is 1. The Kier molecular flexibility index (Phi) is 3.61. The monoisotopic (exact) mass is 277 g/mol. The molecule has 0 atom stereocenters. The molecule has 1 amide bonds. The zero-order chi connectivity index (χ0) is 14.9. The van der Waals surface area contributed by atoms with Crippen molar-refractivity contribution >= 4 is 11.9 Å². The van der Waals surface area contributed by atoms with E-state index in [0.29, 0.717) is 11.6 Å². The molecule has 108 valence electrons.